The Morgan fingerprint density at radius 3 is 2.57 bits per heavy atom. The Morgan fingerprint density at radius 2 is 1.83 bits per heavy atom. The summed E-state index contributed by atoms with van der Waals surface area (Å²) in [7, 11) is 0. The second kappa shape index (κ2) is 5.08. The van der Waals surface area contributed by atoms with Gasteiger partial charge in [-0.25, -0.2) is 0 Å². The SMILES string of the molecule is CC[C@@]1(O)CCC2C3CC=C4CC(O)CC[C@@]4(C)C3CC[C@]21C. The summed E-state index contributed by atoms with van der Waals surface area (Å²) in [5, 5.41) is 21.3. The maximum absolute atomic E-state index is 11.2. The summed E-state index contributed by atoms with van der Waals surface area (Å²) in [6.07, 6.45) is 12.2. The molecular weight excluding hydrogens is 284 g/mol. The standard InChI is InChI=1S/C21H34O2/c1-4-21(23)12-9-18-16-6-5-14-13-15(22)7-10-19(14,2)17(16)8-11-20(18,21)3/h5,15-18,22-23H,4,6-13H2,1-3H3/t15?,16?,17?,18?,19-,20-,21-/m1/s1. The molecule has 0 aromatic carbocycles. The van der Waals surface area contributed by atoms with Gasteiger partial charge < -0.3 is 10.2 Å². The van der Waals surface area contributed by atoms with Gasteiger partial charge in [0, 0.05) is 0 Å². The average molecular weight is 319 g/mol. The Hall–Kier alpha value is -0.340. The summed E-state index contributed by atoms with van der Waals surface area (Å²) >= 11 is 0. The minimum atomic E-state index is -0.434. The lowest BCUT2D eigenvalue weighted by atomic mass is 9.47. The summed E-state index contributed by atoms with van der Waals surface area (Å²) in [5.41, 5.74) is 1.55. The molecule has 0 radical (unpaired) electrons. The third kappa shape index (κ3) is 2.00. The summed E-state index contributed by atoms with van der Waals surface area (Å²) in [5.74, 6) is 2.21. The molecule has 0 spiro atoms. The lowest BCUT2D eigenvalue weighted by Gasteiger charge is -2.59. The Morgan fingerprint density at radius 1 is 1.09 bits per heavy atom. The minimum absolute atomic E-state index is 0.114. The van der Waals surface area contributed by atoms with E-state index in [0.29, 0.717) is 11.3 Å². The molecule has 0 heterocycles. The molecule has 4 unspecified atom stereocenters. The van der Waals surface area contributed by atoms with Crippen LogP contribution in [0.15, 0.2) is 11.6 Å². The average Bonchev–Trinajstić information content (AvgIpc) is 2.80. The molecule has 3 saturated carbocycles. The quantitative estimate of drug-likeness (QED) is 0.701. The first-order chi connectivity index (χ1) is 10.8. The highest BCUT2D eigenvalue weighted by molar-refractivity contribution is 5.26. The molecule has 7 atom stereocenters. The van der Waals surface area contributed by atoms with Crippen LogP contribution in [-0.4, -0.2) is 21.9 Å². The van der Waals surface area contributed by atoms with Crippen LogP contribution < -0.4 is 0 Å². The number of hydrogen-bond acceptors (Lipinski definition) is 2. The summed E-state index contributed by atoms with van der Waals surface area (Å²) in [6.45, 7) is 7.03. The van der Waals surface area contributed by atoms with E-state index in [0.717, 1.165) is 43.9 Å². The molecule has 0 saturated heterocycles. The predicted molar refractivity (Wildman–Crippen MR) is 93.0 cm³/mol. The van der Waals surface area contributed by atoms with E-state index in [1.54, 1.807) is 5.57 Å². The van der Waals surface area contributed by atoms with E-state index in [4.69, 9.17) is 0 Å². The summed E-state index contributed by atoms with van der Waals surface area (Å²) < 4.78 is 0. The number of fused-ring (bicyclic) bond motifs is 5. The van der Waals surface area contributed by atoms with Crippen LogP contribution in [0.1, 0.15) is 78.6 Å². The molecule has 3 fully saturated rings. The largest absolute Gasteiger partial charge is 0.393 e. The minimum Gasteiger partial charge on any atom is -0.393 e. The fourth-order valence-electron chi connectivity index (χ4n) is 7.33. The molecule has 4 aliphatic carbocycles. The molecule has 0 aromatic rings. The molecular formula is C21H34O2. The van der Waals surface area contributed by atoms with Crippen LogP contribution in [0.25, 0.3) is 0 Å². The molecule has 0 aromatic heterocycles. The smallest absolute Gasteiger partial charge is 0.0701 e. The number of hydrogen-bond donors (Lipinski definition) is 2. The van der Waals surface area contributed by atoms with E-state index in [-0.39, 0.29) is 11.5 Å². The van der Waals surface area contributed by atoms with Gasteiger partial charge in [0.25, 0.3) is 0 Å². The van der Waals surface area contributed by atoms with Crippen LogP contribution in [0.3, 0.4) is 0 Å². The zero-order valence-electron chi connectivity index (χ0n) is 15.1. The van der Waals surface area contributed by atoms with Crippen molar-refractivity contribution in [1.82, 2.24) is 0 Å². The molecule has 2 nitrogen and oxygen atoms in total. The second-order valence-corrected chi connectivity index (χ2v) is 9.54. The van der Waals surface area contributed by atoms with Gasteiger partial charge in [-0.2, -0.15) is 0 Å². The number of aliphatic hydroxyl groups is 2. The van der Waals surface area contributed by atoms with Crippen LogP contribution in [-0.2, 0) is 0 Å². The van der Waals surface area contributed by atoms with Crippen molar-refractivity contribution in [3.05, 3.63) is 11.6 Å². The van der Waals surface area contributed by atoms with E-state index in [1.807, 2.05) is 0 Å². The number of rotatable bonds is 1. The van der Waals surface area contributed by atoms with Crippen LogP contribution in [0.2, 0.25) is 0 Å². The Kier molecular flexibility index (Phi) is 3.57. The molecule has 0 amide bonds. The van der Waals surface area contributed by atoms with Crippen molar-refractivity contribution in [2.45, 2.75) is 90.3 Å². The molecule has 0 bridgehead atoms. The zero-order valence-corrected chi connectivity index (χ0v) is 15.1. The van der Waals surface area contributed by atoms with E-state index >= 15 is 0 Å². The lowest BCUT2D eigenvalue weighted by Crippen LogP contribution is -2.54. The highest BCUT2D eigenvalue weighted by atomic mass is 16.3. The van der Waals surface area contributed by atoms with Gasteiger partial charge in [-0.1, -0.05) is 32.4 Å². The normalized spacial score (nSPS) is 55.6. The highest BCUT2D eigenvalue weighted by Crippen LogP contribution is 2.67. The van der Waals surface area contributed by atoms with Crippen LogP contribution in [0.5, 0.6) is 0 Å². The molecule has 2 N–H and O–H groups in total. The van der Waals surface area contributed by atoms with Crippen molar-refractivity contribution >= 4 is 0 Å². The second-order valence-electron chi connectivity index (χ2n) is 9.54. The van der Waals surface area contributed by atoms with Gasteiger partial charge in [-0.05, 0) is 86.4 Å². The fraction of sp³-hybridized carbons (Fsp3) is 0.905. The molecule has 0 aliphatic heterocycles. The van der Waals surface area contributed by atoms with Crippen LogP contribution >= 0.6 is 0 Å². The van der Waals surface area contributed by atoms with Gasteiger partial charge in [0.1, 0.15) is 0 Å². The Balaban J connectivity index is 1.68. The van der Waals surface area contributed by atoms with Crippen molar-refractivity contribution in [3.63, 3.8) is 0 Å². The van der Waals surface area contributed by atoms with Crippen molar-refractivity contribution in [3.8, 4) is 0 Å². The van der Waals surface area contributed by atoms with Gasteiger partial charge in [-0.15, -0.1) is 0 Å². The van der Waals surface area contributed by atoms with Gasteiger partial charge >= 0.3 is 0 Å². The van der Waals surface area contributed by atoms with E-state index < -0.39 is 5.60 Å². The number of aliphatic hydroxyl groups excluding tert-OH is 1. The van der Waals surface area contributed by atoms with Crippen molar-refractivity contribution in [2.75, 3.05) is 0 Å². The Labute approximate surface area is 141 Å². The molecule has 4 rings (SSSR count). The molecule has 4 aliphatic rings. The third-order valence-electron chi connectivity index (χ3n) is 8.98. The van der Waals surface area contributed by atoms with Crippen LogP contribution in [0, 0.1) is 28.6 Å². The first-order valence-corrected chi connectivity index (χ1v) is 9.94. The Bertz CT molecular complexity index is 526. The fourth-order valence-corrected chi connectivity index (χ4v) is 7.33. The van der Waals surface area contributed by atoms with Gasteiger partial charge in [0.05, 0.1) is 11.7 Å². The highest BCUT2D eigenvalue weighted by Gasteiger charge is 2.62. The maximum atomic E-state index is 11.2. The molecule has 130 valence electrons. The topological polar surface area (TPSA) is 40.5 Å². The first-order valence-electron chi connectivity index (χ1n) is 9.94. The molecule has 2 heteroatoms. The van der Waals surface area contributed by atoms with Gasteiger partial charge in [0.15, 0.2) is 0 Å². The first kappa shape index (κ1) is 16.1. The molecule has 23 heavy (non-hydrogen) atoms. The summed E-state index contributed by atoms with van der Waals surface area (Å²) in [6, 6.07) is 0. The summed E-state index contributed by atoms with van der Waals surface area (Å²) in [4.78, 5) is 0. The number of allylic oxidation sites excluding steroid dienone is 1. The van der Waals surface area contributed by atoms with Crippen molar-refractivity contribution < 1.29 is 10.2 Å². The predicted octanol–water partition coefficient (Wildman–Crippen LogP) is 4.45. The monoisotopic (exact) mass is 318 g/mol. The van der Waals surface area contributed by atoms with E-state index in [1.165, 1.54) is 25.7 Å². The zero-order chi connectivity index (χ0) is 16.5. The van der Waals surface area contributed by atoms with E-state index in [9.17, 15) is 10.2 Å². The maximum Gasteiger partial charge on any atom is 0.0701 e. The van der Waals surface area contributed by atoms with E-state index in [2.05, 4.69) is 26.8 Å². The van der Waals surface area contributed by atoms with Crippen LogP contribution in [0.4, 0.5) is 0 Å². The third-order valence-corrected chi connectivity index (χ3v) is 8.98. The van der Waals surface area contributed by atoms with Crippen molar-refractivity contribution in [2.24, 2.45) is 28.6 Å². The van der Waals surface area contributed by atoms with Gasteiger partial charge in [-0.3, -0.25) is 0 Å². The van der Waals surface area contributed by atoms with Crippen molar-refractivity contribution in [1.29, 1.82) is 0 Å². The lowest BCUT2D eigenvalue weighted by molar-refractivity contribution is -0.125. The van der Waals surface area contributed by atoms with Gasteiger partial charge in [0.2, 0.25) is 0 Å².